The molecule has 0 fully saturated rings. The summed E-state index contributed by atoms with van der Waals surface area (Å²) in [6.45, 7) is 8.80. The van der Waals surface area contributed by atoms with Gasteiger partial charge in [-0.1, -0.05) is 25.1 Å². The first kappa shape index (κ1) is 15.2. The van der Waals surface area contributed by atoms with Crippen molar-refractivity contribution >= 4 is 0 Å². The minimum Gasteiger partial charge on any atom is -0.310 e. The van der Waals surface area contributed by atoms with Gasteiger partial charge in [-0.15, -0.1) is 0 Å². The molecule has 0 bridgehead atoms. The summed E-state index contributed by atoms with van der Waals surface area (Å²) in [4.78, 5) is 2.25. The Hall–Kier alpha value is -0.860. The SMILES string of the molecule is CCCNC(CCN(C)C)c1ccc(C)c(C)c1. The van der Waals surface area contributed by atoms with Crippen molar-refractivity contribution in [3.63, 3.8) is 0 Å². The largest absolute Gasteiger partial charge is 0.310 e. The molecule has 1 rings (SSSR count). The Morgan fingerprint density at radius 2 is 1.89 bits per heavy atom. The highest BCUT2D eigenvalue weighted by molar-refractivity contribution is 5.31. The lowest BCUT2D eigenvalue weighted by Gasteiger charge is -2.22. The van der Waals surface area contributed by atoms with Gasteiger partial charge >= 0.3 is 0 Å². The van der Waals surface area contributed by atoms with E-state index in [4.69, 9.17) is 0 Å². The van der Waals surface area contributed by atoms with Gasteiger partial charge in [0.1, 0.15) is 0 Å². The molecule has 1 atom stereocenters. The lowest BCUT2D eigenvalue weighted by molar-refractivity contribution is 0.361. The lowest BCUT2D eigenvalue weighted by Crippen LogP contribution is -2.26. The number of benzene rings is 1. The van der Waals surface area contributed by atoms with Gasteiger partial charge in [0.15, 0.2) is 0 Å². The van der Waals surface area contributed by atoms with Crippen molar-refractivity contribution in [1.82, 2.24) is 10.2 Å². The van der Waals surface area contributed by atoms with E-state index in [0.717, 1.165) is 19.5 Å². The number of nitrogens with zero attached hydrogens (tertiary/aromatic N) is 1. The third kappa shape index (κ3) is 4.79. The fourth-order valence-corrected chi connectivity index (χ4v) is 2.07. The summed E-state index contributed by atoms with van der Waals surface area (Å²) in [5, 5.41) is 3.66. The van der Waals surface area contributed by atoms with Crippen molar-refractivity contribution in [3.05, 3.63) is 34.9 Å². The molecule has 2 nitrogen and oxygen atoms in total. The van der Waals surface area contributed by atoms with Crippen LogP contribution >= 0.6 is 0 Å². The van der Waals surface area contributed by atoms with Gasteiger partial charge in [-0.2, -0.15) is 0 Å². The van der Waals surface area contributed by atoms with E-state index in [0.29, 0.717) is 6.04 Å². The van der Waals surface area contributed by atoms with Gasteiger partial charge in [-0.05, 0) is 70.6 Å². The van der Waals surface area contributed by atoms with Crippen molar-refractivity contribution in [2.45, 2.75) is 39.7 Å². The highest BCUT2D eigenvalue weighted by Crippen LogP contribution is 2.20. The van der Waals surface area contributed by atoms with Crippen molar-refractivity contribution in [1.29, 1.82) is 0 Å². The van der Waals surface area contributed by atoms with Crippen molar-refractivity contribution in [2.75, 3.05) is 27.2 Å². The molecular formula is C16H28N2. The van der Waals surface area contributed by atoms with Crippen LogP contribution in [0.25, 0.3) is 0 Å². The molecule has 0 aliphatic rings. The van der Waals surface area contributed by atoms with Crippen LogP contribution in [0.1, 0.15) is 42.5 Å². The Morgan fingerprint density at radius 1 is 1.17 bits per heavy atom. The minimum atomic E-state index is 0.478. The molecule has 102 valence electrons. The van der Waals surface area contributed by atoms with E-state index in [9.17, 15) is 0 Å². The number of hydrogen-bond acceptors (Lipinski definition) is 2. The van der Waals surface area contributed by atoms with Crippen LogP contribution in [0.5, 0.6) is 0 Å². The average molecular weight is 248 g/mol. The summed E-state index contributed by atoms with van der Waals surface area (Å²) < 4.78 is 0. The predicted octanol–water partition coefficient (Wildman–Crippen LogP) is 3.30. The van der Waals surface area contributed by atoms with Crippen LogP contribution in [0.2, 0.25) is 0 Å². The van der Waals surface area contributed by atoms with Crippen LogP contribution < -0.4 is 5.32 Å². The molecule has 1 unspecified atom stereocenters. The molecule has 0 heterocycles. The Morgan fingerprint density at radius 3 is 2.44 bits per heavy atom. The monoisotopic (exact) mass is 248 g/mol. The number of nitrogens with one attached hydrogen (secondary N) is 1. The first-order valence-electron chi connectivity index (χ1n) is 6.99. The van der Waals surface area contributed by atoms with Crippen LogP contribution in [-0.4, -0.2) is 32.1 Å². The van der Waals surface area contributed by atoms with Crippen molar-refractivity contribution in [3.8, 4) is 0 Å². The molecule has 18 heavy (non-hydrogen) atoms. The van der Waals surface area contributed by atoms with Crippen molar-refractivity contribution in [2.24, 2.45) is 0 Å². The van der Waals surface area contributed by atoms with Gasteiger partial charge < -0.3 is 10.2 Å². The molecule has 1 N–H and O–H groups in total. The maximum Gasteiger partial charge on any atom is 0.0332 e. The van der Waals surface area contributed by atoms with Gasteiger partial charge in [0, 0.05) is 6.04 Å². The minimum absolute atomic E-state index is 0.478. The van der Waals surface area contributed by atoms with E-state index < -0.39 is 0 Å². The number of aryl methyl sites for hydroxylation is 2. The fraction of sp³-hybridized carbons (Fsp3) is 0.625. The van der Waals surface area contributed by atoms with Crippen LogP contribution in [0, 0.1) is 13.8 Å². The second-order valence-corrected chi connectivity index (χ2v) is 5.44. The van der Waals surface area contributed by atoms with E-state index in [2.05, 4.69) is 63.3 Å². The van der Waals surface area contributed by atoms with E-state index in [1.54, 1.807) is 0 Å². The quantitative estimate of drug-likeness (QED) is 0.796. The lowest BCUT2D eigenvalue weighted by atomic mass is 9.98. The molecule has 0 saturated carbocycles. The zero-order chi connectivity index (χ0) is 13.5. The smallest absolute Gasteiger partial charge is 0.0332 e. The summed E-state index contributed by atoms with van der Waals surface area (Å²) in [5.41, 5.74) is 4.19. The van der Waals surface area contributed by atoms with E-state index in [1.807, 2.05) is 0 Å². The molecule has 0 amide bonds. The Balaban J connectivity index is 2.76. The molecule has 0 spiro atoms. The summed E-state index contributed by atoms with van der Waals surface area (Å²) in [7, 11) is 4.27. The molecule has 1 aromatic rings. The summed E-state index contributed by atoms with van der Waals surface area (Å²) >= 11 is 0. The molecule has 0 saturated heterocycles. The summed E-state index contributed by atoms with van der Waals surface area (Å²) in [6, 6.07) is 7.32. The van der Waals surface area contributed by atoms with Crippen LogP contribution in [-0.2, 0) is 0 Å². The second-order valence-electron chi connectivity index (χ2n) is 5.44. The summed E-state index contributed by atoms with van der Waals surface area (Å²) in [6.07, 6.45) is 2.35. The maximum atomic E-state index is 3.66. The summed E-state index contributed by atoms with van der Waals surface area (Å²) in [5.74, 6) is 0. The second kappa shape index (κ2) is 7.55. The topological polar surface area (TPSA) is 15.3 Å². The average Bonchev–Trinajstić information content (AvgIpc) is 2.33. The predicted molar refractivity (Wildman–Crippen MR) is 80.1 cm³/mol. The van der Waals surface area contributed by atoms with Crippen LogP contribution in [0.3, 0.4) is 0 Å². The Labute approximate surface area is 112 Å². The zero-order valence-electron chi connectivity index (χ0n) is 12.6. The number of rotatable bonds is 7. The fourth-order valence-electron chi connectivity index (χ4n) is 2.07. The highest BCUT2D eigenvalue weighted by atomic mass is 15.1. The molecular weight excluding hydrogens is 220 g/mol. The van der Waals surface area contributed by atoms with Crippen LogP contribution in [0.15, 0.2) is 18.2 Å². The van der Waals surface area contributed by atoms with Gasteiger partial charge in [0.25, 0.3) is 0 Å². The Kier molecular flexibility index (Phi) is 6.37. The molecule has 0 aromatic heterocycles. The normalized spacial score (nSPS) is 13.0. The van der Waals surface area contributed by atoms with E-state index >= 15 is 0 Å². The first-order chi connectivity index (χ1) is 8.54. The number of hydrogen-bond donors (Lipinski definition) is 1. The van der Waals surface area contributed by atoms with Crippen LogP contribution in [0.4, 0.5) is 0 Å². The molecule has 0 aliphatic heterocycles. The third-order valence-corrected chi connectivity index (χ3v) is 3.44. The molecule has 0 aliphatic carbocycles. The highest BCUT2D eigenvalue weighted by Gasteiger charge is 2.11. The third-order valence-electron chi connectivity index (χ3n) is 3.44. The molecule has 0 radical (unpaired) electrons. The standard InChI is InChI=1S/C16H28N2/c1-6-10-17-16(9-11-18(4)5)15-8-7-13(2)14(3)12-15/h7-8,12,16-17H,6,9-11H2,1-5H3. The Bertz CT molecular complexity index is 358. The van der Waals surface area contributed by atoms with E-state index in [-0.39, 0.29) is 0 Å². The first-order valence-corrected chi connectivity index (χ1v) is 6.99. The maximum absolute atomic E-state index is 3.66. The van der Waals surface area contributed by atoms with Gasteiger partial charge in [0.05, 0.1) is 0 Å². The van der Waals surface area contributed by atoms with E-state index in [1.165, 1.54) is 23.1 Å². The van der Waals surface area contributed by atoms with Crippen molar-refractivity contribution < 1.29 is 0 Å². The zero-order valence-corrected chi connectivity index (χ0v) is 12.6. The van der Waals surface area contributed by atoms with Gasteiger partial charge in [0.2, 0.25) is 0 Å². The molecule has 1 aromatic carbocycles. The van der Waals surface area contributed by atoms with Gasteiger partial charge in [-0.3, -0.25) is 0 Å². The molecule has 2 heteroatoms. The van der Waals surface area contributed by atoms with Gasteiger partial charge in [-0.25, -0.2) is 0 Å².